The average molecular weight is 264 g/mol. The van der Waals surface area contributed by atoms with Gasteiger partial charge in [0.25, 0.3) is 5.91 Å². The molecule has 2 N–H and O–H groups in total. The fourth-order valence-corrected chi connectivity index (χ4v) is 1.58. The first-order valence-corrected chi connectivity index (χ1v) is 5.61. The molecule has 19 heavy (non-hydrogen) atoms. The minimum absolute atomic E-state index is 0.0971. The fourth-order valence-electron chi connectivity index (χ4n) is 1.58. The van der Waals surface area contributed by atoms with Gasteiger partial charge in [0, 0.05) is 5.56 Å². The van der Waals surface area contributed by atoms with Crippen molar-refractivity contribution >= 4 is 5.91 Å². The van der Waals surface area contributed by atoms with Crippen molar-refractivity contribution < 1.29 is 13.9 Å². The van der Waals surface area contributed by atoms with Crippen LogP contribution in [0.3, 0.4) is 0 Å². The van der Waals surface area contributed by atoms with Crippen molar-refractivity contribution in [3.8, 4) is 5.75 Å². The van der Waals surface area contributed by atoms with E-state index in [1.54, 1.807) is 6.92 Å². The quantitative estimate of drug-likeness (QED) is 0.875. The van der Waals surface area contributed by atoms with Crippen molar-refractivity contribution in [2.45, 2.75) is 13.0 Å². The number of aromatic nitrogens is 3. The van der Waals surface area contributed by atoms with Crippen LogP contribution in [0.4, 0.5) is 4.39 Å². The van der Waals surface area contributed by atoms with Crippen molar-refractivity contribution in [2.24, 2.45) is 0 Å². The van der Waals surface area contributed by atoms with Crippen LogP contribution in [0.5, 0.6) is 5.75 Å². The highest BCUT2D eigenvalue weighted by Crippen LogP contribution is 2.18. The number of aromatic amines is 1. The Kier molecular flexibility index (Phi) is 3.74. The van der Waals surface area contributed by atoms with Crippen LogP contribution in [0.1, 0.15) is 29.1 Å². The molecule has 7 heteroatoms. The first kappa shape index (κ1) is 13.0. The number of halogens is 1. The highest BCUT2D eigenvalue weighted by Gasteiger charge is 2.15. The van der Waals surface area contributed by atoms with E-state index in [-0.39, 0.29) is 17.4 Å². The molecule has 6 nitrogen and oxygen atoms in total. The van der Waals surface area contributed by atoms with Gasteiger partial charge in [-0.2, -0.15) is 5.10 Å². The molecule has 2 aromatic rings. The predicted molar refractivity (Wildman–Crippen MR) is 65.2 cm³/mol. The highest BCUT2D eigenvalue weighted by molar-refractivity contribution is 5.94. The van der Waals surface area contributed by atoms with Crippen LogP contribution in [-0.4, -0.2) is 28.2 Å². The second-order valence-electron chi connectivity index (χ2n) is 3.92. The summed E-state index contributed by atoms with van der Waals surface area (Å²) in [5, 5.41) is 9.03. The zero-order valence-electron chi connectivity index (χ0n) is 10.5. The number of nitrogens with zero attached hydrogens (tertiary/aromatic N) is 2. The largest absolute Gasteiger partial charge is 0.494 e. The minimum atomic E-state index is -0.581. The summed E-state index contributed by atoms with van der Waals surface area (Å²) < 4.78 is 18.3. The van der Waals surface area contributed by atoms with Gasteiger partial charge in [0.2, 0.25) is 0 Å². The zero-order chi connectivity index (χ0) is 13.8. The monoisotopic (exact) mass is 264 g/mol. The van der Waals surface area contributed by atoms with E-state index in [9.17, 15) is 9.18 Å². The van der Waals surface area contributed by atoms with Crippen LogP contribution in [0.25, 0.3) is 0 Å². The lowest BCUT2D eigenvalue weighted by Crippen LogP contribution is -2.27. The summed E-state index contributed by atoms with van der Waals surface area (Å²) in [5.41, 5.74) is 0.213. The van der Waals surface area contributed by atoms with E-state index in [2.05, 4.69) is 20.5 Å². The first-order valence-electron chi connectivity index (χ1n) is 5.61. The third-order valence-corrected chi connectivity index (χ3v) is 2.61. The number of carbonyl (C=O) groups is 1. The van der Waals surface area contributed by atoms with Gasteiger partial charge < -0.3 is 10.1 Å². The number of rotatable bonds is 4. The van der Waals surface area contributed by atoms with Crippen LogP contribution in [0.2, 0.25) is 0 Å². The molecule has 0 spiro atoms. The van der Waals surface area contributed by atoms with Crippen molar-refractivity contribution in [1.29, 1.82) is 0 Å². The normalized spacial score (nSPS) is 11.9. The number of carbonyl (C=O) groups excluding carboxylic acids is 1. The van der Waals surface area contributed by atoms with Gasteiger partial charge >= 0.3 is 0 Å². The molecule has 1 atom stereocenters. The molecule has 100 valence electrons. The number of amides is 1. The van der Waals surface area contributed by atoms with Gasteiger partial charge in [0.1, 0.15) is 12.2 Å². The Labute approximate surface area is 109 Å². The summed E-state index contributed by atoms with van der Waals surface area (Å²) in [4.78, 5) is 15.9. The molecule has 0 aliphatic rings. The van der Waals surface area contributed by atoms with Crippen LogP contribution >= 0.6 is 0 Å². The lowest BCUT2D eigenvalue weighted by Gasteiger charge is -2.11. The SMILES string of the molecule is COc1ccc(C(=O)NC(C)c2ncn[nH]2)cc1F. The van der Waals surface area contributed by atoms with Crippen molar-refractivity contribution in [3.05, 3.63) is 41.7 Å². The summed E-state index contributed by atoms with van der Waals surface area (Å²) in [7, 11) is 1.37. The average Bonchev–Trinajstić information content (AvgIpc) is 2.92. The molecule has 0 fully saturated rings. The molecule has 0 bridgehead atoms. The molecular formula is C12H13FN4O2. The van der Waals surface area contributed by atoms with Crippen molar-refractivity contribution in [1.82, 2.24) is 20.5 Å². The summed E-state index contributed by atoms with van der Waals surface area (Å²) in [5.74, 6) is -0.352. The molecular weight excluding hydrogens is 251 g/mol. The van der Waals surface area contributed by atoms with E-state index >= 15 is 0 Å². The second kappa shape index (κ2) is 5.47. The second-order valence-corrected chi connectivity index (χ2v) is 3.92. The topological polar surface area (TPSA) is 79.9 Å². The summed E-state index contributed by atoms with van der Waals surface area (Å²) >= 11 is 0. The maximum Gasteiger partial charge on any atom is 0.251 e. The van der Waals surface area contributed by atoms with E-state index in [0.29, 0.717) is 5.82 Å². The van der Waals surface area contributed by atoms with Gasteiger partial charge in [0.15, 0.2) is 11.6 Å². The molecule has 1 unspecified atom stereocenters. The molecule has 0 saturated heterocycles. The molecule has 0 aliphatic heterocycles. The number of benzene rings is 1. The summed E-state index contributed by atoms with van der Waals surface area (Å²) in [6.45, 7) is 1.75. The van der Waals surface area contributed by atoms with Crippen LogP contribution in [-0.2, 0) is 0 Å². The fraction of sp³-hybridized carbons (Fsp3) is 0.250. The third kappa shape index (κ3) is 2.87. The number of ether oxygens (including phenoxy) is 1. The van der Waals surface area contributed by atoms with Crippen LogP contribution in [0, 0.1) is 5.82 Å². The number of H-pyrrole nitrogens is 1. The Morgan fingerprint density at radius 2 is 2.32 bits per heavy atom. The van der Waals surface area contributed by atoms with E-state index in [1.807, 2.05) is 0 Å². The van der Waals surface area contributed by atoms with Gasteiger partial charge in [-0.3, -0.25) is 9.89 Å². The van der Waals surface area contributed by atoms with Gasteiger partial charge in [-0.15, -0.1) is 0 Å². The maximum absolute atomic E-state index is 13.5. The number of hydrogen-bond donors (Lipinski definition) is 2. The lowest BCUT2D eigenvalue weighted by atomic mass is 10.2. The molecule has 1 heterocycles. The van der Waals surface area contributed by atoms with E-state index in [1.165, 1.54) is 25.6 Å². The predicted octanol–water partition coefficient (Wildman–Crippen LogP) is 1.44. The van der Waals surface area contributed by atoms with Gasteiger partial charge in [-0.1, -0.05) is 0 Å². The molecule has 0 aliphatic carbocycles. The first-order chi connectivity index (χ1) is 9.11. The maximum atomic E-state index is 13.5. The Morgan fingerprint density at radius 1 is 1.53 bits per heavy atom. The smallest absolute Gasteiger partial charge is 0.251 e. The Bertz CT molecular complexity index is 571. The van der Waals surface area contributed by atoms with E-state index < -0.39 is 11.7 Å². The van der Waals surface area contributed by atoms with E-state index in [4.69, 9.17) is 4.74 Å². The molecule has 0 saturated carbocycles. The molecule has 2 rings (SSSR count). The molecule has 1 amide bonds. The van der Waals surface area contributed by atoms with Crippen molar-refractivity contribution in [2.75, 3.05) is 7.11 Å². The number of hydrogen-bond acceptors (Lipinski definition) is 4. The zero-order valence-corrected chi connectivity index (χ0v) is 10.5. The van der Waals surface area contributed by atoms with Crippen LogP contribution < -0.4 is 10.1 Å². The van der Waals surface area contributed by atoms with E-state index in [0.717, 1.165) is 6.07 Å². The van der Waals surface area contributed by atoms with Gasteiger partial charge in [-0.05, 0) is 25.1 Å². The molecule has 1 aromatic heterocycles. The standard InChI is InChI=1S/C12H13FN4O2/c1-7(11-14-6-15-17-11)16-12(18)8-3-4-10(19-2)9(13)5-8/h3-7H,1-2H3,(H,16,18)(H,14,15,17). The third-order valence-electron chi connectivity index (χ3n) is 2.61. The summed E-state index contributed by atoms with van der Waals surface area (Å²) in [6, 6.07) is 3.68. The molecule has 0 radical (unpaired) electrons. The lowest BCUT2D eigenvalue weighted by molar-refractivity contribution is 0.0938. The molecule has 1 aromatic carbocycles. The minimum Gasteiger partial charge on any atom is -0.494 e. The summed E-state index contributed by atoms with van der Waals surface area (Å²) in [6.07, 6.45) is 1.35. The Hall–Kier alpha value is -2.44. The van der Waals surface area contributed by atoms with Gasteiger partial charge in [0.05, 0.1) is 13.2 Å². The number of nitrogens with one attached hydrogen (secondary N) is 2. The Balaban J connectivity index is 2.10. The van der Waals surface area contributed by atoms with Crippen LogP contribution in [0.15, 0.2) is 24.5 Å². The number of methoxy groups -OCH3 is 1. The Morgan fingerprint density at radius 3 is 2.89 bits per heavy atom. The highest BCUT2D eigenvalue weighted by atomic mass is 19.1. The van der Waals surface area contributed by atoms with Gasteiger partial charge in [-0.25, -0.2) is 9.37 Å². The van der Waals surface area contributed by atoms with Crippen molar-refractivity contribution in [3.63, 3.8) is 0 Å².